The van der Waals surface area contributed by atoms with E-state index >= 15 is 0 Å². The van der Waals surface area contributed by atoms with E-state index in [0.717, 1.165) is 51.6 Å². The molecular weight excluding hydrogens is 567 g/mol. The molecule has 1 saturated carbocycles. The monoisotopic (exact) mass is 607 g/mol. The van der Waals surface area contributed by atoms with Crippen LogP contribution in [-0.4, -0.2) is 50.0 Å². The van der Waals surface area contributed by atoms with Crippen LogP contribution in [-0.2, 0) is 26.2 Å². The molecule has 224 valence electrons. The van der Waals surface area contributed by atoms with Crippen LogP contribution in [0.2, 0.25) is 0 Å². The molecule has 1 aliphatic rings. The number of aryl methyl sites for hydroxylation is 2. The predicted molar refractivity (Wildman–Crippen MR) is 170 cm³/mol. The van der Waals surface area contributed by atoms with Gasteiger partial charge in [0.2, 0.25) is 11.8 Å². The number of anilines is 1. The van der Waals surface area contributed by atoms with E-state index in [2.05, 4.69) is 5.32 Å². The quantitative estimate of drug-likeness (QED) is 0.267. The third-order valence-electron chi connectivity index (χ3n) is 7.80. The first-order valence-corrected chi connectivity index (χ1v) is 17.1. The third-order valence-corrected chi connectivity index (χ3v) is 10.3. The molecule has 1 fully saturated rings. The summed E-state index contributed by atoms with van der Waals surface area (Å²) in [6.45, 7) is 5.36. The van der Waals surface area contributed by atoms with Crippen molar-refractivity contribution in [2.45, 2.75) is 81.3 Å². The lowest BCUT2D eigenvalue weighted by Gasteiger charge is -2.33. The van der Waals surface area contributed by atoms with Gasteiger partial charge in [-0.05, 0) is 81.8 Å². The van der Waals surface area contributed by atoms with Crippen molar-refractivity contribution in [3.05, 3.63) is 89.5 Å². The average Bonchev–Trinajstić information content (AvgIpc) is 2.99. The smallest absolute Gasteiger partial charge is 0.264 e. The Hall–Kier alpha value is -3.30. The van der Waals surface area contributed by atoms with E-state index in [-0.39, 0.29) is 23.4 Å². The molecular formula is C33H41N3O4S2. The minimum Gasteiger partial charge on any atom is -0.352 e. The summed E-state index contributed by atoms with van der Waals surface area (Å²) in [5.74, 6) is -0.673. The summed E-state index contributed by atoms with van der Waals surface area (Å²) in [5, 5.41) is 3.14. The fourth-order valence-corrected chi connectivity index (χ4v) is 7.10. The van der Waals surface area contributed by atoms with Gasteiger partial charge < -0.3 is 10.2 Å². The Morgan fingerprint density at radius 2 is 1.60 bits per heavy atom. The minimum atomic E-state index is -4.09. The molecule has 1 atom stereocenters. The number of nitrogens with zero attached hydrogens (tertiary/aromatic N) is 2. The van der Waals surface area contributed by atoms with Crippen LogP contribution in [0.5, 0.6) is 0 Å². The summed E-state index contributed by atoms with van der Waals surface area (Å²) in [6, 6.07) is 20.8. The molecule has 4 rings (SSSR count). The van der Waals surface area contributed by atoms with Gasteiger partial charge in [0.25, 0.3) is 10.0 Å². The second kappa shape index (κ2) is 14.2. The Balaban J connectivity index is 1.67. The van der Waals surface area contributed by atoms with Gasteiger partial charge >= 0.3 is 0 Å². The molecule has 3 aromatic carbocycles. The van der Waals surface area contributed by atoms with E-state index in [1.165, 1.54) is 23.1 Å². The Morgan fingerprint density at radius 3 is 2.21 bits per heavy atom. The number of rotatable bonds is 11. The normalized spacial score (nSPS) is 14.7. The lowest BCUT2D eigenvalue weighted by atomic mass is 9.95. The molecule has 0 radical (unpaired) electrons. The van der Waals surface area contributed by atoms with Gasteiger partial charge in [-0.2, -0.15) is 0 Å². The first kappa shape index (κ1) is 31.6. The number of nitrogens with one attached hydrogen (secondary N) is 1. The molecule has 0 spiro atoms. The average molecular weight is 608 g/mol. The van der Waals surface area contributed by atoms with Crippen molar-refractivity contribution in [3.63, 3.8) is 0 Å². The van der Waals surface area contributed by atoms with Crippen LogP contribution in [0.1, 0.15) is 55.7 Å². The molecule has 9 heteroatoms. The zero-order valence-corrected chi connectivity index (χ0v) is 26.5. The van der Waals surface area contributed by atoms with E-state index in [1.54, 1.807) is 43.3 Å². The van der Waals surface area contributed by atoms with Crippen LogP contribution in [0.4, 0.5) is 5.69 Å². The van der Waals surface area contributed by atoms with Gasteiger partial charge in [-0.25, -0.2) is 8.42 Å². The van der Waals surface area contributed by atoms with Gasteiger partial charge in [-0.15, -0.1) is 11.8 Å². The lowest BCUT2D eigenvalue weighted by molar-refractivity contribution is -0.139. The Labute approximate surface area is 254 Å². The van der Waals surface area contributed by atoms with Crippen LogP contribution in [0.15, 0.2) is 82.6 Å². The highest BCUT2D eigenvalue weighted by Gasteiger charge is 2.33. The number of hydrogen-bond donors (Lipinski definition) is 1. The van der Waals surface area contributed by atoms with Crippen molar-refractivity contribution in [3.8, 4) is 0 Å². The standard InChI is InChI=1S/C33H41N3O4S2/c1-24-13-15-29(16-14-24)36(42(39,40)31-19-17-30(41-4)18-20-31)23-32(37)35(22-27-10-8-9-25(2)21-27)26(3)33(38)34-28-11-6-5-7-12-28/h8-10,13-21,26,28H,5-7,11-12,22-23H2,1-4H3,(H,34,38). The van der Waals surface area contributed by atoms with Crippen molar-refractivity contribution in [2.24, 2.45) is 0 Å². The summed E-state index contributed by atoms with van der Waals surface area (Å²) in [6.07, 6.45) is 7.11. The van der Waals surface area contributed by atoms with Gasteiger partial charge in [-0.1, -0.05) is 66.8 Å². The van der Waals surface area contributed by atoms with Crippen LogP contribution in [0.3, 0.4) is 0 Å². The first-order chi connectivity index (χ1) is 20.1. The minimum absolute atomic E-state index is 0.0957. The molecule has 2 amide bonds. The molecule has 0 aromatic heterocycles. The van der Waals surface area contributed by atoms with Crippen molar-refractivity contribution >= 4 is 39.3 Å². The predicted octanol–water partition coefficient (Wildman–Crippen LogP) is 6.09. The van der Waals surface area contributed by atoms with Crippen LogP contribution < -0.4 is 9.62 Å². The third kappa shape index (κ3) is 7.95. The highest BCUT2D eigenvalue weighted by molar-refractivity contribution is 7.98. The Morgan fingerprint density at radius 1 is 0.929 bits per heavy atom. The van der Waals surface area contributed by atoms with Gasteiger partial charge in [-0.3, -0.25) is 13.9 Å². The Bertz CT molecular complexity index is 1470. The molecule has 7 nitrogen and oxygen atoms in total. The van der Waals surface area contributed by atoms with Crippen LogP contribution >= 0.6 is 11.8 Å². The fourth-order valence-electron chi connectivity index (χ4n) is 5.27. The van der Waals surface area contributed by atoms with Crippen molar-refractivity contribution in [1.82, 2.24) is 10.2 Å². The zero-order valence-electron chi connectivity index (χ0n) is 24.9. The second-order valence-corrected chi connectivity index (χ2v) is 13.8. The number of amides is 2. The van der Waals surface area contributed by atoms with Crippen molar-refractivity contribution in [1.29, 1.82) is 0 Å². The van der Waals surface area contributed by atoms with E-state index in [4.69, 9.17) is 0 Å². The highest BCUT2D eigenvalue weighted by atomic mass is 32.2. The maximum Gasteiger partial charge on any atom is 0.264 e. The maximum atomic E-state index is 14.1. The topological polar surface area (TPSA) is 86.8 Å². The number of thioether (sulfide) groups is 1. The molecule has 0 aliphatic heterocycles. The van der Waals surface area contributed by atoms with E-state index in [9.17, 15) is 18.0 Å². The van der Waals surface area contributed by atoms with E-state index < -0.39 is 28.5 Å². The molecule has 0 heterocycles. The summed E-state index contributed by atoms with van der Waals surface area (Å²) in [4.78, 5) is 30.1. The number of benzene rings is 3. The Kier molecular flexibility index (Phi) is 10.7. The summed E-state index contributed by atoms with van der Waals surface area (Å²) in [7, 11) is -4.09. The molecule has 0 saturated heterocycles. The molecule has 1 unspecified atom stereocenters. The molecule has 0 bridgehead atoms. The van der Waals surface area contributed by atoms with Crippen LogP contribution in [0.25, 0.3) is 0 Å². The van der Waals surface area contributed by atoms with Crippen LogP contribution in [0, 0.1) is 13.8 Å². The van der Waals surface area contributed by atoms with Crippen molar-refractivity contribution in [2.75, 3.05) is 17.1 Å². The van der Waals surface area contributed by atoms with E-state index in [1.807, 2.05) is 56.5 Å². The highest BCUT2D eigenvalue weighted by Crippen LogP contribution is 2.27. The number of carbonyl (C=O) groups excluding carboxylic acids is 2. The van der Waals surface area contributed by atoms with Gasteiger partial charge in [0, 0.05) is 17.5 Å². The second-order valence-electron chi connectivity index (χ2n) is 11.1. The van der Waals surface area contributed by atoms with Gasteiger partial charge in [0.05, 0.1) is 10.6 Å². The lowest BCUT2D eigenvalue weighted by Crippen LogP contribution is -2.53. The van der Waals surface area contributed by atoms with Gasteiger partial charge in [0.1, 0.15) is 12.6 Å². The zero-order chi connectivity index (χ0) is 30.3. The van der Waals surface area contributed by atoms with Crippen molar-refractivity contribution < 1.29 is 18.0 Å². The first-order valence-electron chi connectivity index (χ1n) is 14.5. The van der Waals surface area contributed by atoms with Gasteiger partial charge in [0.15, 0.2) is 0 Å². The fraction of sp³-hybridized carbons (Fsp3) is 0.394. The number of carbonyl (C=O) groups is 2. The summed E-state index contributed by atoms with van der Waals surface area (Å²) < 4.78 is 29.2. The molecule has 3 aromatic rings. The number of sulfonamides is 1. The SMILES string of the molecule is CSc1ccc(S(=O)(=O)N(CC(=O)N(Cc2cccc(C)c2)C(C)C(=O)NC2CCCCC2)c2ccc(C)cc2)cc1. The largest absolute Gasteiger partial charge is 0.352 e. The summed E-state index contributed by atoms with van der Waals surface area (Å²) >= 11 is 1.52. The molecule has 42 heavy (non-hydrogen) atoms. The van der Waals surface area contributed by atoms with E-state index in [0.29, 0.717) is 5.69 Å². The number of hydrogen-bond acceptors (Lipinski definition) is 5. The maximum absolute atomic E-state index is 14.1. The molecule has 1 N–H and O–H groups in total. The summed E-state index contributed by atoms with van der Waals surface area (Å²) in [5.41, 5.74) is 3.27. The molecule has 1 aliphatic carbocycles.